The first-order valence-corrected chi connectivity index (χ1v) is 7.65. The van der Waals surface area contributed by atoms with E-state index in [0.29, 0.717) is 5.69 Å². The first kappa shape index (κ1) is 15.1. The van der Waals surface area contributed by atoms with Crippen LogP contribution < -0.4 is 0 Å². The summed E-state index contributed by atoms with van der Waals surface area (Å²) in [5, 5.41) is 14.1. The molecule has 0 amide bonds. The molecule has 0 radical (unpaired) electrons. The van der Waals surface area contributed by atoms with Gasteiger partial charge in [-0.3, -0.25) is 0 Å². The molecule has 1 aromatic heterocycles. The Hall–Kier alpha value is -2.86. The maximum atomic E-state index is 9.41. The van der Waals surface area contributed by atoms with Gasteiger partial charge in [-0.25, -0.2) is 4.68 Å². The van der Waals surface area contributed by atoms with Crippen LogP contribution in [0.1, 0.15) is 32.0 Å². The van der Waals surface area contributed by atoms with Gasteiger partial charge in [-0.05, 0) is 29.2 Å². The quantitative estimate of drug-likeness (QED) is 0.688. The Morgan fingerprint density at radius 2 is 1.70 bits per heavy atom. The van der Waals surface area contributed by atoms with Gasteiger partial charge in [-0.1, -0.05) is 57.2 Å². The van der Waals surface area contributed by atoms with Crippen molar-refractivity contribution in [3.8, 4) is 23.0 Å². The lowest BCUT2D eigenvalue weighted by molar-refractivity contribution is 0.590. The van der Waals surface area contributed by atoms with E-state index >= 15 is 0 Å². The van der Waals surface area contributed by atoms with Crippen LogP contribution in [0.15, 0.2) is 60.7 Å². The summed E-state index contributed by atoms with van der Waals surface area (Å²) in [6.07, 6.45) is 0. The second-order valence-electron chi connectivity index (χ2n) is 6.60. The molecule has 3 aromatic rings. The first-order valence-electron chi connectivity index (χ1n) is 7.65. The van der Waals surface area contributed by atoms with Gasteiger partial charge in [0.1, 0.15) is 11.8 Å². The van der Waals surface area contributed by atoms with Crippen molar-refractivity contribution in [2.75, 3.05) is 0 Å². The Morgan fingerprint density at radius 1 is 0.957 bits per heavy atom. The van der Waals surface area contributed by atoms with Crippen LogP contribution in [0, 0.1) is 11.3 Å². The zero-order valence-electron chi connectivity index (χ0n) is 13.6. The lowest BCUT2D eigenvalue weighted by atomic mass is 9.86. The predicted molar refractivity (Wildman–Crippen MR) is 92.4 cm³/mol. The number of nitrogens with zero attached hydrogens (tertiary/aromatic N) is 3. The molecule has 0 saturated heterocycles. The second kappa shape index (κ2) is 5.73. The van der Waals surface area contributed by atoms with Crippen molar-refractivity contribution in [2.24, 2.45) is 0 Å². The molecular weight excluding hydrogens is 282 g/mol. The maximum absolute atomic E-state index is 9.41. The normalized spacial score (nSPS) is 11.2. The molecule has 1 heterocycles. The lowest BCUT2D eigenvalue weighted by Gasteiger charge is -2.19. The first-order chi connectivity index (χ1) is 11.0. The summed E-state index contributed by atoms with van der Waals surface area (Å²) in [6, 6.07) is 22.2. The van der Waals surface area contributed by atoms with E-state index in [1.165, 1.54) is 5.56 Å². The van der Waals surface area contributed by atoms with E-state index in [0.717, 1.165) is 16.9 Å². The van der Waals surface area contributed by atoms with Crippen molar-refractivity contribution in [1.82, 2.24) is 9.78 Å². The molecule has 0 N–H and O–H groups in total. The number of hydrogen-bond donors (Lipinski definition) is 0. The van der Waals surface area contributed by atoms with Crippen LogP contribution in [0.4, 0.5) is 0 Å². The molecule has 2 aromatic carbocycles. The van der Waals surface area contributed by atoms with Crippen molar-refractivity contribution < 1.29 is 0 Å². The third-order valence-electron chi connectivity index (χ3n) is 3.85. The molecule has 3 nitrogen and oxygen atoms in total. The topological polar surface area (TPSA) is 41.6 Å². The molecule has 3 rings (SSSR count). The fourth-order valence-corrected chi connectivity index (χ4v) is 2.51. The van der Waals surface area contributed by atoms with Crippen molar-refractivity contribution in [1.29, 1.82) is 5.26 Å². The zero-order valence-corrected chi connectivity index (χ0v) is 13.6. The van der Waals surface area contributed by atoms with Crippen molar-refractivity contribution >= 4 is 0 Å². The Balaban J connectivity index is 2.09. The highest BCUT2D eigenvalue weighted by Gasteiger charge is 2.16. The SMILES string of the molecule is CC(C)(C)c1cccc(-c2cc(C#N)n(-c3ccccc3)n2)c1. The summed E-state index contributed by atoms with van der Waals surface area (Å²) in [5.41, 5.74) is 4.60. The smallest absolute Gasteiger partial charge is 0.144 e. The standard InChI is InChI=1S/C20H19N3/c1-20(2,3)16-9-7-8-15(12-16)19-13-18(14-21)23(22-19)17-10-5-4-6-11-17/h4-13H,1-3H3. The molecule has 0 bridgehead atoms. The number of aromatic nitrogens is 2. The number of nitriles is 1. The molecule has 0 aliphatic rings. The van der Waals surface area contributed by atoms with Crippen LogP contribution in [0.5, 0.6) is 0 Å². The third-order valence-corrected chi connectivity index (χ3v) is 3.85. The van der Waals surface area contributed by atoms with Crippen LogP contribution in [0.2, 0.25) is 0 Å². The number of rotatable bonds is 2. The molecular formula is C20H19N3. The minimum Gasteiger partial charge on any atom is -0.222 e. The molecule has 23 heavy (non-hydrogen) atoms. The summed E-state index contributed by atoms with van der Waals surface area (Å²) in [6.45, 7) is 6.57. The predicted octanol–water partition coefficient (Wildman–Crippen LogP) is 4.71. The lowest BCUT2D eigenvalue weighted by Crippen LogP contribution is -2.10. The Labute approximate surface area is 136 Å². The van der Waals surface area contributed by atoms with Crippen LogP contribution in [-0.4, -0.2) is 9.78 Å². The average Bonchev–Trinajstić information content (AvgIpc) is 2.99. The summed E-state index contributed by atoms with van der Waals surface area (Å²) in [5.74, 6) is 0. The molecule has 114 valence electrons. The van der Waals surface area contributed by atoms with Crippen molar-refractivity contribution in [3.05, 3.63) is 71.9 Å². The Bertz CT molecular complexity index is 862. The number of para-hydroxylation sites is 1. The fourth-order valence-electron chi connectivity index (χ4n) is 2.51. The van der Waals surface area contributed by atoms with Gasteiger partial charge in [0.15, 0.2) is 0 Å². The molecule has 0 unspecified atom stereocenters. The molecule has 0 atom stereocenters. The van der Waals surface area contributed by atoms with E-state index in [1.807, 2.05) is 48.5 Å². The Morgan fingerprint density at radius 3 is 2.35 bits per heavy atom. The van der Waals surface area contributed by atoms with Crippen LogP contribution in [0.25, 0.3) is 16.9 Å². The molecule has 0 spiro atoms. The van der Waals surface area contributed by atoms with Gasteiger partial charge in [0.25, 0.3) is 0 Å². The number of hydrogen-bond acceptors (Lipinski definition) is 2. The molecule has 0 aliphatic carbocycles. The van der Waals surface area contributed by atoms with Gasteiger partial charge in [-0.2, -0.15) is 10.4 Å². The molecule has 0 fully saturated rings. The summed E-state index contributed by atoms with van der Waals surface area (Å²) in [4.78, 5) is 0. The highest BCUT2D eigenvalue weighted by Crippen LogP contribution is 2.28. The largest absolute Gasteiger partial charge is 0.222 e. The summed E-state index contributed by atoms with van der Waals surface area (Å²) in [7, 11) is 0. The molecule has 0 aliphatic heterocycles. The second-order valence-corrected chi connectivity index (χ2v) is 6.60. The minimum atomic E-state index is 0.0794. The van der Waals surface area contributed by atoms with Gasteiger partial charge in [0.2, 0.25) is 0 Å². The van der Waals surface area contributed by atoms with E-state index in [-0.39, 0.29) is 5.41 Å². The fraction of sp³-hybridized carbons (Fsp3) is 0.200. The van der Waals surface area contributed by atoms with Gasteiger partial charge < -0.3 is 0 Å². The average molecular weight is 301 g/mol. The summed E-state index contributed by atoms with van der Waals surface area (Å²) >= 11 is 0. The zero-order chi connectivity index (χ0) is 16.4. The van der Waals surface area contributed by atoms with E-state index < -0.39 is 0 Å². The maximum Gasteiger partial charge on any atom is 0.144 e. The number of benzene rings is 2. The monoisotopic (exact) mass is 301 g/mol. The Kier molecular flexibility index (Phi) is 3.75. The third kappa shape index (κ3) is 3.02. The molecule has 3 heteroatoms. The van der Waals surface area contributed by atoms with Crippen LogP contribution in [0.3, 0.4) is 0 Å². The highest BCUT2D eigenvalue weighted by atomic mass is 15.3. The van der Waals surface area contributed by atoms with E-state index in [9.17, 15) is 5.26 Å². The summed E-state index contributed by atoms with van der Waals surface area (Å²) < 4.78 is 1.69. The van der Waals surface area contributed by atoms with Crippen molar-refractivity contribution in [3.63, 3.8) is 0 Å². The minimum absolute atomic E-state index is 0.0794. The highest BCUT2D eigenvalue weighted by molar-refractivity contribution is 5.62. The van der Waals surface area contributed by atoms with Crippen molar-refractivity contribution in [2.45, 2.75) is 26.2 Å². The van der Waals surface area contributed by atoms with E-state index in [2.05, 4.69) is 44.1 Å². The van der Waals surface area contributed by atoms with Crippen LogP contribution in [-0.2, 0) is 5.41 Å². The van der Waals surface area contributed by atoms with E-state index in [4.69, 9.17) is 0 Å². The van der Waals surface area contributed by atoms with Gasteiger partial charge in [0, 0.05) is 11.6 Å². The van der Waals surface area contributed by atoms with Gasteiger partial charge in [0.05, 0.1) is 11.4 Å². The van der Waals surface area contributed by atoms with E-state index in [1.54, 1.807) is 4.68 Å². The van der Waals surface area contributed by atoms with Crippen LogP contribution >= 0.6 is 0 Å². The molecule has 0 saturated carbocycles. The van der Waals surface area contributed by atoms with Gasteiger partial charge in [-0.15, -0.1) is 0 Å². The van der Waals surface area contributed by atoms with Gasteiger partial charge >= 0.3 is 0 Å².